The van der Waals surface area contributed by atoms with Crippen LogP contribution in [0.1, 0.15) is 108 Å². The van der Waals surface area contributed by atoms with Gasteiger partial charge in [0.15, 0.2) is 5.96 Å². The summed E-state index contributed by atoms with van der Waals surface area (Å²) < 4.78 is 0. The molecule has 46 heteroatoms. The quantitative estimate of drug-likeness (QED) is 0.0180. The number of H-pyrrole nitrogens is 2. The van der Waals surface area contributed by atoms with Gasteiger partial charge in [-0.3, -0.25) is 96.5 Å². The molecule has 128 heavy (non-hydrogen) atoms. The molecule has 0 unspecified atom stereocenters. The third-order valence-electron chi connectivity index (χ3n) is 20.7. The van der Waals surface area contributed by atoms with Gasteiger partial charge in [0, 0.05) is 134 Å². The molecule has 43 nitrogen and oxygen atoms in total. The van der Waals surface area contributed by atoms with Gasteiger partial charge in [0.2, 0.25) is 100 Å². The summed E-state index contributed by atoms with van der Waals surface area (Å²) in [6.07, 6.45) is -3.16. The number of aliphatic carboxylic acids is 2. The second-order valence-corrected chi connectivity index (χ2v) is 34.7. The smallest absolute Gasteiger partial charge is 0.305 e. The van der Waals surface area contributed by atoms with E-state index in [-0.39, 0.29) is 86.7 Å². The number of thioether (sulfide) groups is 3. The average Bonchev–Trinajstić information content (AvgIpc) is 1.74. The molecule has 2 aromatic heterocycles. The third kappa shape index (κ3) is 32.1. The van der Waals surface area contributed by atoms with Crippen molar-refractivity contribution in [2.75, 3.05) is 67.6 Å². The van der Waals surface area contributed by atoms with Crippen LogP contribution in [0.5, 0.6) is 0 Å². The standard InChI is InChI=1S/C82H110N22O21S3/c1-44(2)30-56-75(119)94-55(20-22-69(111)112)74(118)99-60(34-70(113)114)79(123)101-63-40-128-29-25-68(110)104-42-102(41-103(43-104)67(109)24-28-127-39-62(91-45(3)105)80(124)95-54(19-21-64(83)106)73(117)97-59(78(122)96-56)33-48-36-89-52-17-10-8-15-50(48)52)66(108)23-27-126-38-61(71(84)115)100-76(120)57(31-46-12-5-4-6-13-46)92-65(107)37-90-72(116)53(18-11-26-87-82(85)86)93-77(121)58(98-81(63)125)32-47-35-88-51-16-9-7-14-49(47)51/h4-10,12-17,35-36,44,53-63,88-89H,11,18-34,37-43H2,1-3H3,(H2,83,106)(H2,84,115)(H,90,116)(H,91,105)(H,92,107)(H,93,121)(H,94,119)(H,95,124)(H,96,122)(H,97,117)(H,98,125)(H,99,118)(H,100,120)(H,101,123)(H,111,112)(H,113,114)(H4,85,86,87)/t53-,54-,55-,56-,57-,58-,59-,60-,61-,62-,63+/m0/s1. The lowest BCUT2D eigenvalue weighted by molar-refractivity contribution is -0.158. The maximum Gasteiger partial charge on any atom is 0.305 e. The van der Waals surface area contributed by atoms with Crippen molar-refractivity contribution < 1.29 is 101 Å². The number of nitrogens with two attached hydrogens (primary N) is 3. The van der Waals surface area contributed by atoms with E-state index in [2.05, 4.69) is 79.1 Å². The van der Waals surface area contributed by atoms with E-state index in [0.29, 0.717) is 38.5 Å². The SMILES string of the molecule is CC(=O)N[C@H]1CSCCC(=O)N2CN3CN(C2)C(=O)CCSC[C@@H](NC(=O)[C@H](CC(=O)O)NC(=O)[C@H](CCC(=O)O)NC(=O)[C@H](CC(C)C)NC(=O)[C@H](Cc2c[nH]c4ccccc24)NC(=O)[C@H](CCC(N)=O)NC1=O)C(=O)N[C@@H](Cc1c[nH]c2ccccc12)C(=O)N[C@@H](CCCNC(=N)N)C(=O)NCC(=O)N[C@@H](Cc1ccccc1)C(=O)N[C@H](C(N)=O)CSCCC3=O. The van der Waals surface area contributed by atoms with E-state index in [1.807, 2.05) is 0 Å². The lowest BCUT2D eigenvalue weighted by Gasteiger charge is -2.42. The molecule has 3 aliphatic rings. The Morgan fingerprint density at radius 1 is 0.484 bits per heavy atom. The molecule has 0 spiro atoms. The number of carboxylic acid groups (broad SMARTS) is 2. The Bertz CT molecular complexity index is 4880. The Morgan fingerprint density at radius 2 is 0.930 bits per heavy atom. The zero-order valence-electron chi connectivity index (χ0n) is 70.7. The highest BCUT2D eigenvalue weighted by Crippen LogP contribution is 2.24. The van der Waals surface area contributed by atoms with E-state index >= 15 is 19.2 Å². The van der Waals surface area contributed by atoms with Gasteiger partial charge in [-0.1, -0.05) is 80.6 Å². The third-order valence-corrected chi connectivity index (χ3v) is 23.9. The number of amides is 17. The van der Waals surface area contributed by atoms with Crippen LogP contribution in [0.15, 0.2) is 91.3 Å². The number of aromatic nitrogens is 2. The number of aromatic amines is 2. The molecule has 24 N–H and O–H groups in total. The number of nitrogens with one attached hydrogen (secondary N) is 16. The summed E-state index contributed by atoms with van der Waals surface area (Å²) in [6.45, 7) is 2.32. The highest BCUT2D eigenvalue weighted by Gasteiger charge is 2.40. The van der Waals surface area contributed by atoms with E-state index in [9.17, 15) is 82.1 Å². The summed E-state index contributed by atoms with van der Waals surface area (Å²) in [5, 5.41) is 62.4. The van der Waals surface area contributed by atoms with Crippen LogP contribution in [-0.2, 0) is 110 Å². The molecule has 3 saturated heterocycles. The molecule has 0 radical (unpaired) electrons. The molecule has 11 atom stereocenters. The molecule has 0 saturated carbocycles. The lowest BCUT2D eigenvalue weighted by atomic mass is 9.99. The summed E-state index contributed by atoms with van der Waals surface area (Å²) in [7, 11) is 0. The van der Waals surface area contributed by atoms with E-state index in [0.717, 1.165) is 42.2 Å². The zero-order valence-corrected chi connectivity index (χ0v) is 73.2. The minimum atomic E-state index is -2.21. The maximum atomic E-state index is 15.5. The number of benzene rings is 3. The fourth-order valence-electron chi connectivity index (χ4n) is 14.1. The van der Waals surface area contributed by atoms with Crippen molar-refractivity contribution in [2.24, 2.45) is 23.1 Å². The Kier molecular flexibility index (Phi) is 39.0. The minimum absolute atomic E-state index is 0.0158. The number of hydrogen-bond donors (Lipinski definition) is 21. The first-order chi connectivity index (χ1) is 61.0. The lowest BCUT2D eigenvalue weighted by Crippen LogP contribution is -2.61. The van der Waals surface area contributed by atoms with Gasteiger partial charge in [-0.05, 0) is 66.8 Å². The molecule has 692 valence electrons. The van der Waals surface area contributed by atoms with Crippen molar-refractivity contribution in [1.82, 2.24) is 93.8 Å². The molecule has 17 amide bonds. The van der Waals surface area contributed by atoms with E-state index in [1.165, 1.54) is 20.9 Å². The van der Waals surface area contributed by atoms with Crippen LogP contribution in [0.4, 0.5) is 0 Å². The summed E-state index contributed by atoms with van der Waals surface area (Å²) in [6, 6.07) is 3.36. The first-order valence-corrected chi connectivity index (χ1v) is 44.8. The molecular formula is C82H110N22O21S3. The Labute approximate surface area is 747 Å². The number of carbonyl (C=O) groups is 19. The van der Waals surface area contributed by atoms with Gasteiger partial charge in [0.25, 0.3) is 0 Å². The fraction of sp³-hybridized carbons (Fsp3) is 0.488. The number of carboxylic acids is 2. The number of guanidine groups is 1. The highest BCUT2D eigenvalue weighted by atomic mass is 32.2. The fourth-order valence-corrected chi connectivity index (χ4v) is 17.0. The second kappa shape index (κ2) is 49.8. The predicted molar refractivity (Wildman–Crippen MR) is 470 cm³/mol. The van der Waals surface area contributed by atoms with Crippen molar-refractivity contribution in [2.45, 2.75) is 177 Å². The number of para-hydroxylation sites is 2. The topological polar surface area (TPSA) is 664 Å². The summed E-state index contributed by atoms with van der Waals surface area (Å²) in [5.41, 5.74) is 19.6. The Hall–Kier alpha value is -13.0. The van der Waals surface area contributed by atoms with Crippen LogP contribution in [0.3, 0.4) is 0 Å². The molecule has 5 heterocycles. The number of carbonyl (C=O) groups excluding carboxylic acids is 17. The van der Waals surface area contributed by atoms with Crippen molar-refractivity contribution in [3.63, 3.8) is 0 Å². The Morgan fingerprint density at radius 3 is 1.45 bits per heavy atom. The van der Waals surface area contributed by atoms with Crippen molar-refractivity contribution in [3.05, 3.63) is 108 Å². The van der Waals surface area contributed by atoms with Crippen molar-refractivity contribution in [3.8, 4) is 0 Å². The normalized spacial score (nSPS) is 23.2. The van der Waals surface area contributed by atoms with Crippen LogP contribution in [0, 0.1) is 11.3 Å². The highest BCUT2D eigenvalue weighted by molar-refractivity contribution is 7.99. The van der Waals surface area contributed by atoms with Crippen LogP contribution < -0.4 is 86.3 Å². The summed E-state index contributed by atoms with van der Waals surface area (Å²) >= 11 is 2.85. The first-order valence-electron chi connectivity index (χ1n) is 41.4. The maximum absolute atomic E-state index is 15.5. The molecule has 8 rings (SSSR count). The zero-order chi connectivity index (χ0) is 93.3. The van der Waals surface area contributed by atoms with Crippen molar-refractivity contribution >= 4 is 175 Å². The molecule has 3 fully saturated rings. The molecular weight excluding hydrogens is 1730 g/mol. The van der Waals surface area contributed by atoms with Gasteiger partial charge in [-0.25, -0.2) is 0 Å². The van der Waals surface area contributed by atoms with E-state index in [1.54, 1.807) is 98.9 Å². The number of rotatable bonds is 22. The predicted octanol–water partition coefficient (Wildman–Crippen LogP) is -3.69. The summed E-state index contributed by atoms with van der Waals surface area (Å²) in [4.78, 5) is 280. The Balaban J connectivity index is 1.22. The molecule has 3 aliphatic heterocycles. The van der Waals surface area contributed by atoms with Gasteiger partial charge in [-0.15, -0.1) is 0 Å². The van der Waals surface area contributed by atoms with Gasteiger partial charge >= 0.3 is 11.9 Å². The van der Waals surface area contributed by atoms with Crippen LogP contribution in [-0.4, -0.2) is 287 Å². The van der Waals surface area contributed by atoms with Crippen molar-refractivity contribution in [1.29, 1.82) is 5.41 Å². The number of primary amides is 2. The monoisotopic (exact) mass is 1830 g/mol. The first kappa shape index (κ1) is 100. The van der Waals surface area contributed by atoms with E-state index < -0.39 is 262 Å². The van der Waals surface area contributed by atoms with Gasteiger partial charge < -0.3 is 121 Å². The van der Waals surface area contributed by atoms with E-state index in [4.69, 9.17) is 22.6 Å². The number of fused-ring (bicyclic) bond motifs is 9. The van der Waals surface area contributed by atoms with Gasteiger partial charge in [0.05, 0.1) is 33.0 Å². The largest absolute Gasteiger partial charge is 0.481 e. The molecule has 0 aliphatic carbocycles. The van der Waals surface area contributed by atoms with Gasteiger partial charge in [0.1, 0.15) is 66.5 Å². The minimum Gasteiger partial charge on any atom is -0.481 e. The molecule has 4 bridgehead atoms. The number of nitrogens with zero attached hydrogens (tertiary/aromatic N) is 3. The average molecular weight is 1840 g/mol. The molecule has 5 aromatic rings. The van der Waals surface area contributed by atoms with Crippen LogP contribution in [0.2, 0.25) is 0 Å². The van der Waals surface area contributed by atoms with Crippen LogP contribution >= 0.6 is 35.3 Å². The molecule has 3 aromatic carbocycles. The van der Waals surface area contributed by atoms with Crippen LogP contribution in [0.25, 0.3) is 21.8 Å². The van der Waals surface area contributed by atoms with Gasteiger partial charge in [-0.2, -0.15) is 35.3 Å². The second-order valence-electron chi connectivity index (χ2n) is 31.2. The summed E-state index contributed by atoms with van der Waals surface area (Å²) in [5.74, 6) is -22.1. The number of hydrogen-bond acceptors (Lipinski definition) is 23.